The molecule has 0 heterocycles. The fraction of sp³-hybridized carbons (Fsp3) is 0.727. The number of carbonyl (C=O) groups is 1. The zero-order chi connectivity index (χ0) is 11.7. The minimum Gasteiger partial charge on any atom is -0.478 e. The quantitative estimate of drug-likeness (QED) is 0.517. The molecule has 0 spiro atoms. The summed E-state index contributed by atoms with van der Waals surface area (Å²) in [7, 11) is 0. The fourth-order valence-corrected chi connectivity index (χ4v) is 1.56. The van der Waals surface area contributed by atoms with E-state index in [0.717, 1.165) is 26.1 Å². The van der Waals surface area contributed by atoms with E-state index in [9.17, 15) is 4.79 Å². The van der Waals surface area contributed by atoms with E-state index in [1.165, 1.54) is 0 Å². The topological polar surface area (TPSA) is 40.5 Å². The second-order valence-electron chi connectivity index (χ2n) is 3.29. The van der Waals surface area contributed by atoms with Crippen LogP contribution in [0.5, 0.6) is 0 Å². The first-order valence-electron chi connectivity index (χ1n) is 5.36. The van der Waals surface area contributed by atoms with Crippen molar-refractivity contribution in [2.75, 3.05) is 25.5 Å². The van der Waals surface area contributed by atoms with E-state index in [-0.39, 0.29) is 0 Å². The molecule has 0 saturated heterocycles. The van der Waals surface area contributed by atoms with E-state index in [4.69, 9.17) is 16.7 Å². The van der Waals surface area contributed by atoms with Crippen molar-refractivity contribution >= 4 is 17.6 Å². The second kappa shape index (κ2) is 8.74. The highest BCUT2D eigenvalue weighted by Crippen LogP contribution is 2.05. The SMILES string of the molecule is CCN(CC)CCC=C(CCCl)C(=O)O. The lowest BCUT2D eigenvalue weighted by atomic mass is 10.1. The molecule has 0 fully saturated rings. The molecular formula is C11H20ClNO2. The lowest BCUT2D eigenvalue weighted by Crippen LogP contribution is -2.23. The van der Waals surface area contributed by atoms with Gasteiger partial charge in [-0.25, -0.2) is 4.79 Å². The lowest BCUT2D eigenvalue weighted by Gasteiger charge is -2.16. The molecule has 0 aromatic rings. The Morgan fingerprint density at radius 2 is 2.00 bits per heavy atom. The van der Waals surface area contributed by atoms with Crippen LogP contribution in [0.4, 0.5) is 0 Å². The van der Waals surface area contributed by atoms with Crippen LogP contribution in [-0.4, -0.2) is 41.5 Å². The Hall–Kier alpha value is -0.540. The highest BCUT2D eigenvalue weighted by atomic mass is 35.5. The molecule has 0 radical (unpaired) electrons. The maximum absolute atomic E-state index is 10.8. The summed E-state index contributed by atoms with van der Waals surface area (Å²) in [6.45, 7) is 7.12. The van der Waals surface area contributed by atoms with Crippen LogP contribution in [0.2, 0.25) is 0 Å². The molecule has 0 bridgehead atoms. The highest BCUT2D eigenvalue weighted by Gasteiger charge is 2.05. The number of carboxylic acid groups (broad SMARTS) is 1. The number of halogens is 1. The molecule has 88 valence electrons. The van der Waals surface area contributed by atoms with Gasteiger partial charge in [-0.15, -0.1) is 11.6 Å². The van der Waals surface area contributed by atoms with Crippen molar-refractivity contribution in [3.8, 4) is 0 Å². The molecule has 0 aromatic heterocycles. The predicted octanol–water partition coefficient (Wildman–Crippen LogP) is 2.36. The maximum atomic E-state index is 10.8. The van der Waals surface area contributed by atoms with Crippen LogP contribution < -0.4 is 0 Å². The summed E-state index contributed by atoms with van der Waals surface area (Å²) in [4.78, 5) is 13.0. The van der Waals surface area contributed by atoms with E-state index in [1.54, 1.807) is 6.08 Å². The van der Waals surface area contributed by atoms with Crippen molar-refractivity contribution in [2.45, 2.75) is 26.7 Å². The summed E-state index contributed by atoms with van der Waals surface area (Å²) < 4.78 is 0. The van der Waals surface area contributed by atoms with Crippen molar-refractivity contribution in [2.24, 2.45) is 0 Å². The van der Waals surface area contributed by atoms with E-state index in [1.807, 2.05) is 0 Å². The van der Waals surface area contributed by atoms with E-state index < -0.39 is 5.97 Å². The summed E-state index contributed by atoms with van der Waals surface area (Å²) in [5.41, 5.74) is 0.428. The van der Waals surface area contributed by atoms with Crippen LogP contribution in [0.15, 0.2) is 11.6 Å². The monoisotopic (exact) mass is 233 g/mol. The van der Waals surface area contributed by atoms with Gasteiger partial charge in [0, 0.05) is 18.0 Å². The standard InChI is InChI=1S/C11H20ClNO2/c1-3-13(4-2)9-5-6-10(7-8-12)11(14)15/h6H,3-5,7-9H2,1-2H3,(H,14,15). The summed E-state index contributed by atoms with van der Waals surface area (Å²) >= 11 is 5.52. The first-order valence-corrected chi connectivity index (χ1v) is 5.89. The van der Waals surface area contributed by atoms with Crippen molar-refractivity contribution in [1.82, 2.24) is 4.90 Å². The van der Waals surface area contributed by atoms with Crippen LogP contribution in [-0.2, 0) is 4.79 Å². The number of hydrogen-bond donors (Lipinski definition) is 1. The highest BCUT2D eigenvalue weighted by molar-refractivity contribution is 6.18. The van der Waals surface area contributed by atoms with E-state index in [0.29, 0.717) is 17.9 Å². The van der Waals surface area contributed by atoms with Gasteiger partial charge < -0.3 is 10.0 Å². The van der Waals surface area contributed by atoms with Gasteiger partial charge in [0.05, 0.1) is 0 Å². The molecule has 0 saturated carbocycles. The lowest BCUT2D eigenvalue weighted by molar-refractivity contribution is -0.132. The number of carboxylic acids is 1. The molecule has 15 heavy (non-hydrogen) atoms. The molecular weight excluding hydrogens is 214 g/mol. The van der Waals surface area contributed by atoms with Gasteiger partial charge in [-0.1, -0.05) is 19.9 Å². The molecule has 0 aliphatic carbocycles. The molecule has 0 aliphatic heterocycles. The normalized spacial score (nSPS) is 12.1. The van der Waals surface area contributed by atoms with Gasteiger partial charge in [-0.3, -0.25) is 0 Å². The second-order valence-corrected chi connectivity index (χ2v) is 3.67. The minimum atomic E-state index is -0.852. The van der Waals surface area contributed by atoms with Gasteiger partial charge in [-0.2, -0.15) is 0 Å². The van der Waals surface area contributed by atoms with Crippen LogP contribution in [0, 0.1) is 0 Å². The smallest absolute Gasteiger partial charge is 0.331 e. The predicted molar refractivity (Wildman–Crippen MR) is 63.5 cm³/mol. The largest absolute Gasteiger partial charge is 0.478 e. The van der Waals surface area contributed by atoms with Gasteiger partial charge in [0.2, 0.25) is 0 Å². The zero-order valence-electron chi connectivity index (χ0n) is 9.50. The number of aliphatic carboxylic acids is 1. The average molecular weight is 234 g/mol. The van der Waals surface area contributed by atoms with Gasteiger partial charge in [0.25, 0.3) is 0 Å². The molecule has 0 aromatic carbocycles. The molecule has 0 unspecified atom stereocenters. The Labute approximate surface area is 96.7 Å². The number of rotatable bonds is 8. The van der Waals surface area contributed by atoms with Crippen LogP contribution in [0.3, 0.4) is 0 Å². The Kier molecular flexibility index (Phi) is 8.43. The molecule has 0 aliphatic rings. The molecule has 3 nitrogen and oxygen atoms in total. The van der Waals surface area contributed by atoms with Crippen LogP contribution in [0.1, 0.15) is 26.7 Å². The summed E-state index contributed by atoms with van der Waals surface area (Å²) in [6, 6.07) is 0. The first kappa shape index (κ1) is 14.5. The van der Waals surface area contributed by atoms with Gasteiger partial charge in [0.15, 0.2) is 0 Å². The number of alkyl halides is 1. The molecule has 1 N–H and O–H groups in total. The average Bonchev–Trinajstić information content (AvgIpc) is 2.22. The van der Waals surface area contributed by atoms with Crippen molar-refractivity contribution in [1.29, 1.82) is 0 Å². The van der Waals surface area contributed by atoms with Crippen LogP contribution >= 0.6 is 11.6 Å². The number of nitrogens with zero attached hydrogens (tertiary/aromatic N) is 1. The van der Waals surface area contributed by atoms with Gasteiger partial charge >= 0.3 is 5.97 Å². The van der Waals surface area contributed by atoms with Crippen LogP contribution in [0.25, 0.3) is 0 Å². The Bertz CT molecular complexity index is 213. The third-order valence-electron chi connectivity index (χ3n) is 2.37. The molecule has 0 atom stereocenters. The zero-order valence-corrected chi connectivity index (χ0v) is 10.3. The summed E-state index contributed by atoms with van der Waals surface area (Å²) in [6.07, 6.45) is 3.00. The van der Waals surface area contributed by atoms with E-state index >= 15 is 0 Å². The van der Waals surface area contributed by atoms with Gasteiger partial charge in [-0.05, 0) is 25.9 Å². The summed E-state index contributed by atoms with van der Waals surface area (Å²) in [5, 5.41) is 8.84. The summed E-state index contributed by atoms with van der Waals surface area (Å²) in [5.74, 6) is -0.487. The van der Waals surface area contributed by atoms with Crippen molar-refractivity contribution < 1.29 is 9.90 Å². The minimum absolute atomic E-state index is 0.364. The number of hydrogen-bond acceptors (Lipinski definition) is 2. The first-order chi connectivity index (χ1) is 7.15. The molecule has 0 amide bonds. The Morgan fingerprint density at radius 1 is 1.40 bits per heavy atom. The van der Waals surface area contributed by atoms with Crippen molar-refractivity contribution in [3.63, 3.8) is 0 Å². The maximum Gasteiger partial charge on any atom is 0.331 e. The Balaban J connectivity index is 4.04. The third-order valence-corrected chi connectivity index (χ3v) is 2.56. The van der Waals surface area contributed by atoms with Crippen molar-refractivity contribution in [3.05, 3.63) is 11.6 Å². The third kappa shape index (κ3) is 6.52. The van der Waals surface area contributed by atoms with Gasteiger partial charge in [0.1, 0.15) is 0 Å². The molecule has 0 rings (SSSR count). The fourth-order valence-electron chi connectivity index (χ4n) is 1.36. The Morgan fingerprint density at radius 3 is 2.40 bits per heavy atom. The molecule has 4 heteroatoms. The van der Waals surface area contributed by atoms with E-state index in [2.05, 4.69) is 18.7 Å².